The normalized spacial score (nSPS) is 10.0. The molecule has 5 heteroatoms. The molecule has 0 saturated carbocycles. The van der Waals surface area contributed by atoms with Crippen molar-refractivity contribution in [1.82, 2.24) is 4.98 Å². The second-order valence-corrected chi connectivity index (χ2v) is 3.87. The van der Waals surface area contributed by atoms with Crippen molar-refractivity contribution in [2.45, 2.75) is 6.92 Å². The molecule has 4 nitrogen and oxygen atoms in total. The van der Waals surface area contributed by atoms with Crippen LogP contribution in [0.5, 0.6) is 0 Å². The Labute approximate surface area is 110 Å². The minimum atomic E-state index is -0.473. The molecule has 0 aliphatic carbocycles. The topological polar surface area (TPSA) is 54.0 Å². The van der Waals surface area contributed by atoms with Crippen molar-refractivity contribution in [2.24, 2.45) is 0 Å². The summed E-state index contributed by atoms with van der Waals surface area (Å²) < 4.78 is 13.4. The number of hydrogen-bond donors (Lipinski definition) is 2. The van der Waals surface area contributed by atoms with Gasteiger partial charge in [0.25, 0.3) is 5.91 Å². The second kappa shape index (κ2) is 5.95. The lowest BCUT2D eigenvalue weighted by Gasteiger charge is -2.07. The Kier molecular flexibility index (Phi) is 4.07. The molecule has 0 unspecified atom stereocenters. The zero-order valence-electron chi connectivity index (χ0n) is 10.5. The molecule has 0 atom stereocenters. The van der Waals surface area contributed by atoms with E-state index in [0.717, 1.165) is 0 Å². The molecule has 1 aromatic heterocycles. The Morgan fingerprint density at radius 1 is 1.21 bits per heavy atom. The number of para-hydroxylation sites is 1. The Hall–Kier alpha value is -2.43. The number of hydrogen-bond acceptors (Lipinski definition) is 3. The molecule has 1 heterocycles. The number of benzene rings is 1. The molecule has 0 aliphatic rings. The molecule has 2 aromatic rings. The highest BCUT2D eigenvalue weighted by Gasteiger charge is 2.10. The van der Waals surface area contributed by atoms with Crippen LogP contribution in [0.1, 0.15) is 17.4 Å². The fourth-order valence-electron chi connectivity index (χ4n) is 1.59. The number of nitrogens with one attached hydrogen (secondary N) is 2. The van der Waals surface area contributed by atoms with E-state index in [4.69, 9.17) is 0 Å². The molecular formula is C14H14FN3O. The smallest absolute Gasteiger partial charge is 0.274 e. The highest BCUT2D eigenvalue weighted by Crippen LogP contribution is 2.14. The van der Waals surface area contributed by atoms with Crippen LogP contribution in [-0.4, -0.2) is 17.4 Å². The van der Waals surface area contributed by atoms with Crippen LogP contribution in [0.2, 0.25) is 0 Å². The van der Waals surface area contributed by atoms with E-state index in [1.54, 1.807) is 30.3 Å². The molecule has 0 fully saturated rings. The summed E-state index contributed by atoms with van der Waals surface area (Å²) in [5.74, 6) is -0.299. The van der Waals surface area contributed by atoms with Crippen molar-refractivity contribution in [3.8, 4) is 0 Å². The van der Waals surface area contributed by atoms with E-state index in [2.05, 4.69) is 15.6 Å². The standard InChI is InChI=1S/C14H14FN3O/c1-2-16-13-9-5-8-12(17-13)14(19)18-11-7-4-3-6-10(11)15/h3-9H,2H2,1H3,(H,16,17)(H,18,19). The van der Waals surface area contributed by atoms with Crippen LogP contribution < -0.4 is 10.6 Å². The van der Waals surface area contributed by atoms with E-state index in [1.807, 2.05) is 6.92 Å². The van der Waals surface area contributed by atoms with Crippen LogP contribution in [-0.2, 0) is 0 Å². The van der Waals surface area contributed by atoms with Gasteiger partial charge in [-0.05, 0) is 31.2 Å². The van der Waals surface area contributed by atoms with E-state index >= 15 is 0 Å². The van der Waals surface area contributed by atoms with Gasteiger partial charge in [0.15, 0.2) is 0 Å². The fourth-order valence-corrected chi connectivity index (χ4v) is 1.59. The molecule has 0 saturated heterocycles. The van der Waals surface area contributed by atoms with Crippen molar-refractivity contribution in [3.63, 3.8) is 0 Å². The van der Waals surface area contributed by atoms with E-state index in [-0.39, 0.29) is 11.4 Å². The lowest BCUT2D eigenvalue weighted by Crippen LogP contribution is -2.15. The monoisotopic (exact) mass is 259 g/mol. The molecule has 2 N–H and O–H groups in total. The lowest BCUT2D eigenvalue weighted by atomic mass is 10.2. The van der Waals surface area contributed by atoms with Gasteiger partial charge in [-0.1, -0.05) is 18.2 Å². The highest BCUT2D eigenvalue weighted by atomic mass is 19.1. The largest absolute Gasteiger partial charge is 0.370 e. The maximum atomic E-state index is 13.4. The molecule has 1 aromatic carbocycles. The fraction of sp³-hybridized carbons (Fsp3) is 0.143. The lowest BCUT2D eigenvalue weighted by molar-refractivity contribution is 0.102. The predicted molar refractivity (Wildman–Crippen MR) is 72.8 cm³/mol. The average molecular weight is 259 g/mol. The zero-order chi connectivity index (χ0) is 13.7. The summed E-state index contributed by atoms with van der Waals surface area (Å²) in [4.78, 5) is 16.1. The average Bonchev–Trinajstić information content (AvgIpc) is 2.42. The molecule has 19 heavy (non-hydrogen) atoms. The minimum Gasteiger partial charge on any atom is -0.370 e. The molecule has 0 aliphatic heterocycles. The van der Waals surface area contributed by atoms with Gasteiger partial charge < -0.3 is 10.6 Å². The minimum absolute atomic E-state index is 0.142. The van der Waals surface area contributed by atoms with Crippen LogP contribution in [0.15, 0.2) is 42.5 Å². The molecule has 98 valence electrons. The summed E-state index contributed by atoms with van der Waals surface area (Å²) >= 11 is 0. The third-order valence-electron chi connectivity index (χ3n) is 2.46. The molecular weight excluding hydrogens is 245 g/mol. The Bertz CT molecular complexity index is 586. The van der Waals surface area contributed by atoms with Gasteiger partial charge in [-0.2, -0.15) is 0 Å². The van der Waals surface area contributed by atoms with Gasteiger partial charge in [0.1, 0.15) is 17.3 Å². The first-order valence-corrected chi connectivity index (χ1v) is 5.97. The summed E-state index contributed by atoms with van der Waals surface area (Å²) in [5, 5.41) is 5.50. The van der Waals surface area contributed by atoms with Gasteiger partial charge in [0.2, 0.25) is 0 Å². The Morgan fingerprint density at radius 2 is 2.00 bits per heavy atom. The summed E-state index contributed by atoms with van der Waals surface area (Å²) in [6.45, 7) is 2.65. The number of nitrogens with zero attached hydrogens (tertiary/aromatic N) is 1. The van der Waals surface area contributed by atoms with Gasteiger partial charge in [-0.3, -0.25) is 4.79 Å². The maximum absolute atomic E-state index is 13.4. The van der Waals surface area contributed by atoms with E-state index in [9.17, 15) is 9.18 Å². The van der Waals surface area contributed by atoms with Gasteiger partial charge in [0.05, 0.1) is 5.69 Å². The number of halogens is 1. The van der Waals surface area contributed by atoms with E-state index in [0.29, 0.717) is 12.4 Å². The number of pyridine rings is 1. The Morgan fingerprint density at radius 3 is 2.74 bits per heavy atom. The van der Waals surface area contributed by atoms with Crippen LogP contribution in [0.25, 0.3) is 0 Å². The number of amides is 1. The molecule has 0 radical (unpaired) electrons. The summed E-state index contributed by atoms with van der Waals surface area (Å²) in [5.41, 5.74) is 0.379. The maximum Gasteiger partial charge on any atom is 0.274 e. The number of carbonyl (C=O) groups excluding carboxylic acids is 1. The van der Waals surface area contributed by atoms with Gasteiger partial charge in [-0.25, -0.2) is 9.37 Å². The quantitative estimate of drug-likeness (QED) is 0.887. The predicted octanol–water partition coefficient (Wildman–Crippen LogP) is 2.90. The van der Waals surface area contributed by atoms with Gasteiger partial charge >= 0.3 is 0 Å². The van der Waals surface area contributed by atoms with Crippen LogP contribution >= 0.6 is 0 Å². The zero-order valence-corrected chi connectivity index (χ0v) is 10.5. The van der Waals surface area contributed by atoms with E-state index < -0.39 is 11.7 Å². The van der Waals surface area contributed by atoms with Gasteiger partial charge in [-0.15, -0.1) is 0 Å². The number of rotatable bonds is 4. The SMILES string of the molecule is CCNc1cccc(C(=O)Nc2ccccc2F)n1. The summed E-state index contributed by atoms with van der Waals surface area (Å²) in [6, 6.07) is 11.1. The first kappa shape index (κ1) is 13.0. The Balaban J connectivity index is 2.16. The van der Waals surface area contributed by atoms with E-state index in [1.165, 1.54) is 12.1 Å². The first-order chi connectivity index (χ1) is 9.20. The number of carbonyl (C=O) groups is 1. The van der Waals surface area contributed by atoms with Crippen molar-refractivity contribution in [2.75, 3.05) is 17.2 Å². The third-order valence-corrected chi connectivity index (χ3v) is 2.46. The van der Waals surface area contributed by atoms with Crippen molar-refractivity contribution < 1.29 is 9.18 Å². The van der Waals surface area contributed by atoms with Crippen molar-refractivity contribution in [1.29, 1.82) is 0 Å². The molecule has 2 rings (SSSR count). The first-order valence-electron chi connectivity index (χ1n) is 5.97. The van der Waals surface area contributed by atoms with Crippen LogP contribution in [0.3, 0.4) is 0 Å². The summed E-state index contributed by atoms with van der Waals surface area (Å²) in [6.07, 6.45) is 0. The molecule has 0 spiro atoms. The van der Waals surface area contributed by atoms with Crippen LogP contribution in [0, 0.1) is 5.82 Å². The number of anilines is 2. The highest BCUT2D eigenvalue weighted by molar-refractivity contribution is 6.03. The van der Waals surface area contributed by atoms with Gasteiger partial charge in [0, 0.05) is 6.54 Å². The number of aromatic nitrogens is 1. The molecule has 1 amide bonds. The summed E-state index contributed by atoms with van der Waals surface area (Å²) in [7, 11) is 0. The third kappa shape index (κ3) is 3.28. The van der Waals surface area contributed by atoms with Crippen molar-refractivity contribution >= 4 is 17.4 Å². The van der Waals surface area contributed by atoms with Crippen LogP contribution in [0.4, 0.5) is 15.9 Å². The second-order valence-electron chi connectivity index (χ2n) is 3.87. The molecule has 0 bridgehead atoms. The van der Waals surface area contributed by atoms with Crippen molar-refractivity contribution in [3.05, 3.63) is 54.0 Å².